The average Bonchev–Trinajstić information content (AvgIpc) is 3.33. The van der Waals surface area contributed by atoms with Gasteiger partial charge in [0.1, 0.15) is 10.7 Å². The van der Waals surface area contributed by atoms with Gasteiger partial charge in [0.05, 0.1) is 21.5 Å². The fraction of sp³-hybridized carbons (Fsp3) is 0.400. The van der Waals surface area contributed by atoms with Crippen molar-refractivity contribution in [3.05, 3.63) is 64.2 Å². The van der Waals surface area contributed by atoms with E-state index in [-0.39, 0.29) is 15.2 Å². The van der Waals surface area contributed by atoms with E-state index in [1.807, 2.05) is 18.7 Å². The number of halogens is 1. The van der Waals surface area contributed by atoms with Crippen LogP contribution in [0.2, 0.25) is 0 Å². The van der Waals surface area contributed by atoms with Gasteiger partial charge >= 0.3 is 0 Å². The summed E-state index contributed by atoms with van der Waals surface area (Å²) >= 11 is 0. The number of hydrogen-bond donors (Lipinski definition) is 0. The first-order chi connectivity index (χ1) is 15.4. The molecule has 7 heteroatoms. The molecule has 0 unspecified atom stereocenters. The van der Waals surface area contributed by atoms with Gasteiger partial charge in [0.15, 0.2) is 0 Å². The Hall–Kier alpha value is -2.67. The van der Waals surface area contributed by atoms with Crippen molar-refractivity contribution in [2.24, 2.45) is 0 Å². The van der Waals surface area contributed by atoms with Crippen LogP contribution in [0.5, 0.6) is 0 Å². The minimum Gasteiger partial charge on any atom is -0.369 e. The third kappa shape index (κ3) is 4.06. The van der Waals surface area contributed by atoms with E-state index in [1.165, 1.54) is 24.4 Å². The Morgan fingerprint density at radius 2 is 1.72 bits per heavy atom. The lowest BCUT2D eigenvalue weighted by Crippen LogP contribution is -2.22. The predicted molar refractivity (Wildman–Crippen MR) is 126 cm³/mol. The average molecular weight is 457 g/mol. The zero-order chi connectivity index (χ0) is 22.9. The lowest BCUT2D eigenvalue weighted by molar-refractivity contribution is 0.590. The van der Waals surface area contributed by atoms with Crippen LogP contribution in [0.15, 0.2) is 57.2 Å². The molecule has 2 aromatic carbocycles. The molecule has 4 rings (SSSR count). The van der Waals surface area contributed by atoms with E-state index < -0.39 is 21.1 Å². The number of unbranched alkanes of at least 4 members (excludes halogenated alkanes) is 1. The van der Waals surface area contributed by atoms with Gasteiger partial charge in [-0.3, -0.25) is 4.79 Å². The number of aryl methyl sites for hydroxylation is 2. The highest BCUT2D eigenvalue weighted by Gasteiger charge is 2.25. The number of aromatic nitrogens is 1. The largest absolute Gasteiger partial charge is 0.369 e. The summed E-state index contributed by atoms with van der Waals surface area (Å²) in [5.41, 5.74) is 1.41. The Labute approximate surface area is 188 Å². The van der Waals surface area contributed by atoms with E-state index in [0.717, 1.165) is 50.8 Å². The molecule has 0 bridgehead atoms. The second kappa shape index (κ2) is 9.06. The van der Waals surface area contributed by atoms with Crippen LogP contribution in [0.4, 0.5) is 10.1 Å². The molecule has 1 fully saturated rings. The van der Waals surface area contributed by atoms with Gasteiger partial charge < -0.3 is 9.47 Å². The van der Waals surface area contributed by atoms with Crippen molar-refractivity contribution >= 4 is 26.4 Å². The maximum absolute atomic E-state index is 15.0. The molecule has 0 saturated carbocycles. The predicted octanol–water partition coefficient (Wildman–Crippen LogP) is 4.94. The maximum Gasteiger partial charge on any atom is 0.211 e. The number of sulfone groups is 1. The lowest BCUT2D eigenvalue weighted by Gasteiger charge is -2.21. The molecule has 1 aromatic heterocycles. The fourth-order valence-electron chi connectivity index (χ4n) is 4.31. The number of fused-ring (bicyclic) bond motifs is 1. The summed E-state index contributed by atoms with van der Waals surface area (Å²) in [6.07, 6.45) is 5.98. The summed E-state index contributed by atoms with van der Waals surface area (Å²) in [5.74, 6) is -0.486. The molecule has 3 aromatic rings. The Balaban J connectivity index is 1.92. The summed E-state index contributed by atoms with van der Waals surface area (Å²) < 4.78 is 43.6. The van der Waals surface area contributed by atoms with E-state index in [0.29, 0.717) is 17.7 Å². The van der Waals surface area contributed by atoms with Gasteiger partial charge in [0.25, 0.3) is 0 Å². The highest BCUT2D eigenvalue weighted by molar-refractivity contribution is 7.91. The standard InChI is InChI=1S/C25H29FN2O3S/c1-3-5-12-28-17-24(32(30,31)19-10-8-18(4-2)9-11-19)25(29)20-15-21(26)23(16-22(20)28)27-13-6-7-14-27/h8-11,15-17H,3-7,12-14H2,1-2H3. The van der Waals surface area contributed by atoms with Gasteiger partial charge in [-0.25, -0.2) is 12.8 Å². The third-order valence-corrected chi connectivity index (χ3v) is 8.01. The molecule has 1 aliphatic heterocycles. The Morgan fingerprint density at radius 1 is 1.03 bits per heavy atom. The number of benzene rings is 2. The number of rotatable bonds is 7. The van der Waals surface area contributed by atoms with Crippen molar-refractivity contribution < 1.29 is 12.8 Å². The molecule has 0 radical (unpaired) electrons. The molecule has 0 N–H and O–H groups in total. The summed E-state index contributed by atoms with van der Waals surface area (Å²) in [5, 5.41) is 0.104. The van der Waals surface area contributed by atoms with E-state index in [1.54, 1.807) is 22.8 Å². The van der Waals surface area contributed by atoms with Gasteiger partial charge in [-0.2, -0.15) is 0 Å². The topological polar surface area (TPSA) is 59.4 Å². The van der Waals surface area contributed by atoms with E-state index in [9.17, 15) is 13.2 Å². The van der Waals surface area contributed by atoms with Gasteiger partial charge in [-0.05, 0) is 55.5 Å². The zero-order valence-electron chi connectivity index (χ0n) is 18.6. The van der Waals surface area contributed by atoms with Crippen molar-refractivity contribution in [1.82, 2.24) is 4.57 Å². The summed E-state index contributed by atoms with van der Waals surface area (Å²) in [6, 6.07) is 9.50. The summed E-state index contributed by atoms with van der Waals surface area (Å²) in [7, 11) is -4.04. The van der Waals surface area contributed by atoms with Crippen molar-refractivity contribution in [3.8, 4) is 0 Å². The molecule has 2 heterocycles. The summed E-state index contributed by atoms with van der Waals surface area (Å²) in [4.78, 5) is 15.1. The van der Waals surface area contributed by atoms with Crippen molar-refractivity contribution in [2.45, 2.75) is 62.3 Å². The first-order valence-corrected chi connectivity index (χ1v) is 12.8. The van der Waals surface area contributed by atoms with Crippen LogP contribution >= 0.6 is 0 Å². The monoisotopic (exact) mass is 456 g/mol. The second-order valence-corrected chi connectivity index (χ2v) is 10.3. The summed E-state index contributed by atoms with van der Waals surface area (Å²) in [6.45, 7) is 6.15. The van der Waals surface area contributed by atoms with Crippen molar-refractivity contribution in [1.29, 1.82) is 0 Å². The zero-order valence-corrected chi connectivity index (χ0v) is 19.4. The lowest BCUT2D eigenvalue weighted by atomic mass is 10.1. The third-order valence-electron chi connectivity index (χ3n) is 6.25. The molecule has 5 nitrogen and oxygen atoms in total. The molecular formula is C25H29FN2O3S. The molecule has 0 aliphatic carbocycles. The van der Waals surface area contributed by atoms with Crippen LogP contribution < -0.4 is 10.3 Å². The van der Waals surface area contributed by atoms with Gasteiger partial charge in [-0.1, -0.05) is 32.4 Å². The first-order valence-electron chi connectivity index (χ1n) is 11.3. The Kier molecular flexibility index (Phi) is 6.38. The highest BCUT2D eigenvalue weighted by Crippen LogP contribution is 2.29. The maximum atomic E-state index is 15.0. The van der Waals surface area contributed by atoms with Gasteiger partial charge in [0, 0.05) is 25.8 Å². The molecular weight excluding hydrogens is 427 g/mol. The van der Waals surface area contributed by atoms with Gasteiger partial charge in [-0.15, -0.1) is 0 Å². The SMILES string of the molecule is CCCCn1cc(S(=O)(=O)c2ccc(CC)cc2)c(=O)c2cc(F)c(N3CCCC3)cc21. The second-order valence-electron chi connectivity index (χ2n) is 8.39. The van der Waals surface area contributed by atoms with Gasteiger partial charge in [0.2, 0.25) is 15.3 Å². The molecule has 1 aliphatic rings. The van der Waals surface area contributed by atoms with E-state index >= 15 is 4.39 Å². The number of anilines is 1. The van der Waals surface area contributed by atoms with Crippen LogP contribution in [0, 0.1) is 5.82 Å². The normalized spacial score (nSPS) is 14.4. The molecule has 0 spiro atoms. The van der Waals surface area contributed by atoms with Crippen molar-refractivity contribution in [2.75, 3.05) is 18.0 Å². The van der Waals surface area contributed by atoms with Crippen LogP contribution in [0.1, 0.15) is 45.1 Å². The van der Waals surface area contributed by atoms with Crippen LogP contribution in [0.25, 0.3) is 10.9 Å². The van der Waals surface area contributed by atoms with E-state index in [4.69, 9.17) is 0 Å². The Bertz CT molecular complexity index is 1290. The molecule has 0 atom stereocenters. The highest BCUT2D eigenvalue weighted by atomic mass is 32.2. The molecule has 0 amide bonds. The molecule has 170 valence electrons. The van der Waals surface area contributed by atoms with Crippen LogP contribution in [0.3, 0.4) is 0 Å². The number of pyridine rings is 1. The van der Waals surface area contributed by atoms with Crippen LogP contribution in [-0.4, -0.2) is 26.1 Å². The number of hydrogen-bond acceptors (Lipinski definition) is 4. The quantitative estimate of drug-likeness (QED) is 0.506. The Morgan fingerprint density at radius 3 is 2.34 bits per heavy atom. The van der Waals surface area contributed by atoms with Crippen LogP contribution in [-0.2, 0) is 22.8 Å². The molecule has 32 heavy (non-hydrogen) atoms. The smallest absolute Gasteiger partial charge is 0.211 e. The fourth-order valence-corrected chi connectivity index (χ4v) is 5.68. The minimum atomic E-state index is -4.04. The number of nitrogens with zero attached hydrogens (tertiary/aromatic N) is 2. The minimum absolute atomic E-state index is 0.0716. The van der Waals surface area contributed by atoms with E-state index in [2.05, 4.69) is 0 Å². The molecule has 1 saturated heterocycles. The van der Waals surface area contributed by atoms with Crippen molar-refractivity contribution in [3.63, 3.8) is 0 Å². The first kappa shape index (κ1) is 22.5.